The van der Waals surface area contributed by atoms with Crippen LogP contribution in [0.2, 0.25) is 0 Å². The second-order valence-electron chi connectivity index (χ2n) is 6.34. The monoisotopic (exact) mass is 331 g/mol. The van der Waals surface area contributed by atoms with Crippen molar-refractivity contribution in [1.29, 1.82) is 0 Å². The Balaban J connectivity index is 1.68. The maximum absolute atomic E-state index is 13.1. The summed E-state index contributed by atoms with van der Waals surface area (Å²) in [6.45, 7) is -0.465. The average Bonchev–Trinajstić information content (AvgIpc) is 3.18. The van der Waals surface area contributed by atoms with Crippen LogP contribution in [0.1, 0.15) is 19.8 Å². The highest BCUT2D eigenvalue weighted by Gasteiger charge is 2.63. The summed E-state index contributed by atoms with van der Waals surface area (Å²) in [6, 6.07) is -1.13. The van der Waals surface area contributed by atoms with Crippen molar-refractivity contribution in [2.45, 2.75) is 43.9 Å². The summed E-state index contributed by atoms with van der Waals surface area (Å²) in [7, 11) is 0. The van der Waals surface area contributed by atoms with Crippen LogP contribution in [0.25, 0.3) is 0 Å². The van der Waals surface area contributed by atoms with Gasteiger partial charge < -0.3 is 15.8 Å². The molecule has 0 radical (unpaired) electrons. The molecule has 0 aromatic carbocycles. The first-order valence-corrected chi connectivity index (χ1v) is 7.65. The maximum Gasteiger partial charge on any atom is 0.277 e. The first-order valence-electron chi connectivity index (χ1n) is 7.65. The minimum Gasteiger partial charge on any atom is -0.373 e. The molecule has 23 heavy (non-hydrogen) atoms. The van der Waals surface area contributed by atoms with E-state index in [1.54, 1.807) is 0 Å². The lowest BCUT2D eigenvalue weighted by molar-refractivity contribution is -0.149. The lowest BCUT2D eigenvalue weighted by Gasteiger charge is -2.24. The van der Waals surface area contributed by atoms with Crippen LogP contribution in [-0.2, 0) is 19.1 Å². The third-order valence-electron chi connectivity index (χ3n) is 4.91. The number of nitrogens with zero attached hydrogens (tertiary/aromatic N) is 1. The van der Waals surface area contributed by atoms with Crippen LogP contribution in [0.3, 0.4) is 0 Å². The van der Waals surface area contributed by atoms with E-state index in [9.17, 15) is 23.2 Å². The van der Waals surface area contributed by atoms with Gasteiger partial charge in [-0.15, -0.1) is 0 Å². The zero-order valence-electron chi connectivity index (χ0n) is 12.6. The number of hydrogen-bond acceptors (Lipinski definition) is 5. The van der Waals surface area contributed by atoms with E-state index in [2.05, 4.69) is 0 Å². The number of nitrogens with two attached hydrogens (primary N) is 1. The zero-order valence-corrected chi connectivity index (χ0v) is 12.6. The second-order valence-corrected chi connectivity index (χ2v) is 6.34. The molecule has 9 heteroatoms. The molecule has 0 aromatic heterocycles. The van der Waals surface area contributed by atoms with Crippen LogP contribution in [0, 0.1) is 11.8 Å². The Kier molecular flexibility index (Phi) is 3.88. The van der Waals surface area contributed by atoms with Crippen molar-refractivity contribution in [3.63, 3.8) is 0 Å². The van der Waals surface area contributed by atoms with E-state index in [0.717, 1.165) is 17.7 Å². The number of imide groups is 1. The number of nitrogens with one attached hydrogen (secondary N) is 1. The maximum atomic E-state index is 13.1. The largest absolute Gasteiger partial charge is 0.373 e. The molecule has 3 heterocycles. The molecule has 3 saturated heterocycles. The van der Waals surface area contributed by atoms with Gasteiger partial charge in [-0.2, -0.15) is 0 Å². The summed E-state index contributed by atoms with van der Waals surface area (Å²) in [4.78, 5) is 37.9. The van der Waals surface area contributed by atoms with Gasteiger partial charge in [0.25, 0.3) is 5.92 Å². The third kappa shape index (κ3) is 2.51. The molecule has 128 valence electrons. The van der Waals surface area contributed by atoms with Gasteiger partial charge in [-0.05, 0) is 19.8 Å². The van der Waals surface area contributed by atoms with Gasteiger partial charge in [-0.1, -0.05) is 0 Å². The molecule has 0 saturated carbocycles. The molecule has 3 N–H and O–H groups in total. The van der Waals surface area contributed by atoms with Crippen molar-refractivity contribution < 1.29 is 27.9 Å². The molecule has 3 amide bonds. The number of likely N-dealkylation sites (tertiary alicyclic amines) is 1. The molecule has 7 nitrogen and oxygen atoms in total. The first-order chi connectivity index (χ1) is 10.8. The summed E-state index contributed by atoms with van der Waals surface area (Å²) in [5.41, 5.74) is 4.90. The Morgan fingerprint density at radius 3 is 2.35 bits per heavy atom. The highest BCUT2D eigenvalue weighted by atomic mass is 19.3. The number of carbonyl (C=O) groups is 3. The first kappa shape index (κ1) is 16.3. The Morgan fingerprint density at radius 1 is 1.35 bits per heavy atom. The molecule has 5 atom stereocenters. The summed E-state index contributed by atoms with van der Waals surface area (Å²) >= 11 is 0. The van der Waals surface area contributed by atoms with Gasteiger partial charge in [0, 0.05) is 0 Å². The predicted octanol–water partition coefficient (Wildman–Crippen LogP) is -0.752. The molecule has 3 aliphatic heterocycles. The van der Waals surface area contributed by atoms with Crippen molar-refractivity contribution in [3.05, 3.63) is 0 Å². The third-order valence-corrected chi connectivity index (χ3v) is 4.91. The van der Waals surface area contributed by atoms with E-state index in [0.29, 0.717) is 0 Å². The van der Waals surface area contributed by atoms with Gasteiger partial charge in [0.15, 0.2) is 0 Å². The van der Waals surface area contributed by atoms with Gasteiger partial charge >= 0.3 is 0 Å². The van der Waals surface area contributed by atoms with Crippen molar-refractivity contribution in [2.75, 3.05) is 13.1 Å². The van der Waals surface area contributed by atoms with E-state index in [4.69, 9.17) is 10.5 Å². The topological polar surface area (TPSA) is 102 Å². The Bertz CT molecular complexity index is 528. The fourth-order valence-electron chi connectivity index (χ4n) is 3.67. The van der Waals surface area contributed by atoms with E-state index in [1.807, 2.05) is 5.32 Å². The molecular weight excluding hydrogens is 312 g/mol. The molecule has 3 fully saturated rings. The van der Waals surface area contributed by atoms with Gasteiger partial charge in [0.05, 0.1) is 37.1 Å². The molecule has 2 bridgehead atoms. The minimum atomic E-state index is -3.22. The van der Waals surface area contributed by atoms with E-state index in [-0.39, 0.29) is 12.2 Å². The lowest BCUT2D eigenvalue weighted by Crippen LogP contribution is -2.52. The van der Waals surface area contributed by atoms with E-state index >= 15 is 0 Å². The van der Waals surface area contributed by atoms with E-state index in [1.165, 1.54) is 6.92 Å². The van der Waals surface area contributed by atoms with Crippen LogP contribution in [-0.4, -0.2) is 59.9 Å². The number of rotatable bonds is 5. The summed E-state index contributed by atoms with van der Waals surface area (Å²) in [6.07, 6.45) is 0.899. The number of amides is 3. The van der Waals surface area contributed by atoms with Crippen LogP contribution in [0.4, 0.5) is 8.78 Å². The molecule has 0 aliphatic carbocycles. The SMILES string of the molecule is CC(C(=O)NCC(F)(F)CN)N1C(=O)C2C3CCC(O3)C2C1=O. The van der Waals surface area contributed by atoms with Crippen LogP contribution in [0.15, 0.2) is 0 Å². The number of fused-ring (bicyclic) bond motifs is 5. The molecule has 5 unspecified atom stereocenters. The van der Waals surface area contributed by atoms with Crippen molar-refractivity contribution in [3.8, 4) is 0 Å². The highest BCUT2D eigenvalue weighted by Crippen LogP contribution is 2.48. The highest BCUT2D eigenvalue weighted by molar-refractivity contribution is 6.09. The van der Waals surface area contributed by atoms with Gasteiger partial charge in [0.2, 0.25) is 17.7 Å². The number of alkyl halides is 2. The second kappa shape index (κ2) is 5.48. The Labute approximate surface area is 131 Å². The number of ether oxygens (including phenoxy) is 1. The number of carbonyl (C=O) groups excluding carboxylic acids is 3. The van der Waals surface area contributed by atoms with Crippen LogP contribution >= 0.6 is 0 Å². The standard InChI is InChI=1S/C14H19F2N3O4/c1-6(11(20)18-5-14(15,16)4-17)19-12(21)9-7-2-3-8(23-7)10(9)13(19)22/h6-10H,2-5,17H2,1H3,(H,18,20). The molecule has 0 spiro atoms. The fraction of sp³-hybridized carbons (Fsp3) is 0.786. The van der Waals surface area contributed by atoms with Gasteiger partial charge in [-0.3, -0.25) is 19.3 Å². The van der Waals surface area contributed by atoms with Gasteiger partial charge in [-0.25, -0.2) is 8.78 Å². The minimum absolute atomic E-state index is 0.275. The molecule has 3 rings (SSSR count). The predicted molar refractivity (Wildman–Crippen MR) is 73.2 cm³/mol. The van der Waals surface area contributed by atoms with Crippen molar-refractivity contribution >= 4 is 17.7 Å². The normalized spacial score (nSPS) is 34.0. The fourth-order valence-corrected chi connectivity index (χ4v) is 3.67. The average molecular weight is 331 g/mol. The summed E-state index contributed by atoms with van der Waals surface area (Å²) in [5.74, 6) is -5.99. The Hall–Kier alpha value is -1.61. The summed E-state index contributed by atoms with van der Waals surface area (Å²) in [5, 5.41) is 2.05. The van der Waals surface area contributed by atoms with Crippen LogP contribution in [0.5, 0.6) is 0 Å². The molecule has 0 aromatic rings. The van der Waals surface area contributed by atoms with Crippen LogP contribution < -0.4 is 11.1 Å². The van der Waals surface area contributed by atoms with E-state index < -0.39 is 54.6 Å². The van der Waals surface area contributed by atoms with Crippen molar-refractivity contribution in [2.24, 2.45) is 17.6 Å². The smallest absolute Gasteiger partial charge is 0.277 e. The molecule has 3 aliphatic rings. The quantitative estimate of drug-likeness (QED) is 0.645. The summed E-state index contributed by atoms with van der Waals surface area (Å²) < 4.78 is 31.8. The number of halogens is 2. The zero-order chi connectivity index (χ0) is 16.9. The van der Waals surface area contributed by atoms with Crippen molar-refractivity contribution in [1.82, 2.24) is 10.2 Å². The molecular formula is C14H19F2N3O4. The Morgan fingerprint density at radius 2 is 1.87 bits per heavy atom. The lowest BCUT2D eigenvalue weighted by atomic mass is 9.81. The number of hydrogen-bond donors (Lipinski definition) is 2. The van der Waals surface area contributed by atoms with Gasteiger partial charge in [0.1, 0.15) is 6.04 Å².